The Morgan fingerprint density at radius 1 is 1.72 bits per heavy atom. The van der Waals surface area contributed by atoms with Crippen LogP contribution < -0.4 is 10.1 Å². The second-order valence-corrected chi connectivity index (χ2v) is 5.02. The van der Waals surface area contributed by atoms with Crippen LogP contribution in [0.5, 0.6) is 5.88 Å². The molecule has 2 N–H and O–H groups in total. The van der Waals surface area contributed by atoms with E-state index in [-0.39, 0.29) is 18.8 Å². The highest BCUT2D eigenvalue weighted by Crippen LogP contribution is 2.15. The summed E-state index contributed by atoms with van der Waals surface area (Å²) in [7, 11) is 0. The van der Waals surface area contributed by atoms with Crippen molar-refractivity contribution < 1.29 is 14.6 Å². The number of hydrogen-bond donors (Lipinski definition) is 2. The zero-order valence-corrected chi connectivity index (χ0v) is 11.2. The number of ether oxygens (including phenoxy) is 2. The van der Waals surface area contributed by atoms with E-state index in [0.717, 1.165) is 31.2 Å². The fourth-order valence-electron chi connectivity index (χ4n) is 1.91. The molecule has 0 bridgehead atoms. The van der Waals surface area contributed by atoms with Crippen molar-refractivity contribution in [3.05, 3.63) is 6.20 Å². The number of nitrogens with one attached hydrogen (secondary N) is 1. The number of hydrogen-bond acceptors (Lipinski definition) is 7. The third kappa shape index (κ3) is 4.16. The number of aliphatic hydroxyl groups is 1. The number of aromatic nitrogens is 2. The summed E-state index contributed by atoms with van der Waals surface area (Å²) in [6.07, 6.45) is 3.46. The van der Waals surface area contributed by atoms with Gasteiger partial charge in [0.25, 0.3) is 0 Å². The molecule has 0 aromatic carbocycles. The Morgan fingerprint density at radius 3 is 3.28 bits per heavy atom. The van der Waals surface area contributed by atoms with Crippen molar-refractivity contribution in [1.82, 2.24) is 14.1 Å². The van der Waals surface area contributed by atoms with Crippen LogP contribution in [-0.2, 0) is 4.74 Å². The van der Waals surface area contributed by atoms with E-state index in [9.17, 15) is 5.11 Å². The Hall–Kier alpha value is -0.760. The van der Waals surface area contributed by atoms with E-state index < -0.39 is 6.10 Å². The maximum atomic E-state index is 9.77. The van der Waals surface area contributed by atoms with E-state index in [1.807, 2.05) is 0 Å². The molecule has 102 valence electrons. The van der Waals surface area contributed by atoms with Gasteiger partial charge in [-0.05, 0) is 19.8 Å². The van der Waals surface area contributed by atoms with Gasteiger partial charge in [-0.1, -0.05) is 0 Å². The predicted molar refractivity (Wildman–Crippen MR) is 67.8 cm³/mol. The summed E-state index contributed by atoms with van der Waals surface area (Å²) in [4.78, 5) is 0. The van der Waals surface area contributed by atoms with Gasteiger partial charge in [-0.2, -0.15) is 4.37 Å². The topological polar surface area (TPSA) is 76.5 Å². The highest BCUT2D eigenvalue weighted by molar-refractivity contribution is 6.99. The molecule has 18 heavy (non-hydrogen) atoms. The molecule has 1 aliphatic rings. The molecule has 1 aromatic heterocycles. The molecule has 2 heterocycles. The van der Waals surface area contributed by atoms with Crippen LogP contribution in [0.2, 0.25) is 0 Å². The van der Waals surface area contributed by atoms with Gasteiger partial charge in [0, 0.05) is 19.2 Å². The van der Waals surface area contributed by atoms with Crippen LogP contribution >= 0.6 is 11.7 Å². The molecule has 0 spiro atoms. The molecule has 0 amide bonds. The molecule has 0 radical (unpaired) electrons. The maximum absolute atomic E-state index is 9.77. The van der Waals surface area contributed by atoms with Crippen molar-refractivity contribution in [1.29, 1.82) is 0 Å². The Labute approximate surface area is 111 Å². The van der Waals surface area contributed by atoms with Crippen molar-refractivity contribution in [2.45, 2.75) is 38.0 Å². The van der Waals surface area contributed by atoms with E-state index in [0.29, 0.717) is 12.4 Å². The summed E-state index contributed by atoms with van der Waals surface area (Å²) in [6.45, 7) is 3.63. The van der Waals surface area contributed by atoms with Crippen LogP contribution in [0.1, 0.15) is 19.8 Å². The fourth-order valence-corrected chi connectivity index (χ4v) is 2.28. The minimum Gasteiger partial charge on any atom is -0.473 e. The molecule has 0 aliphatic carbocycles. The van der Waals surface area contributed by atoms with E-state index in [1.54, 1.807) is 6.20 Å². The monoisotopic (exact) mass is 273 g/mol. The highest BCUT2D eigenvalue weighted by Gasteiger charge is 2.22. The molecule has 1 fully saturated rings. The van der Waals surface area contributed by atoms with Crippen molar-refractivity contribution in [2.24, 2.45) is 0 Å². The zero-order chi connectivity index (χ0) is 12.8. The average Bonchev–Trinajstić information content (AvgIpc) is 3.05. The molecular formula is C11H19N3O3S. The Balaban J connectivity index is 1.60. The molecule has 0 saturated carbocycles. The SMILES string of the molecule is CC(NCC(O)COc1cnsn1)C1CCCO1. The summed E-state index contributed by atoms with van der Waals surface area (Å²) in [5.74, 6) is 0.464. The second-order valence-electron chi connectivity index (χ2n) is 4.46. The van der Waals surface area contributed by atoms with Crippen LogP contribution in [0.3, 0.4) is 0 Å². The molecule has 1 aliphatic heterocycles. The molecule has 2 rings (SSSR count). The minimum absolute atomic E-state index is 0.219. The lowest BCUT2D eigenvalue weighted by Gasteiger charge is -2.21. The number of aliphatic hydroxyl groups excluding tert-OH is 1. The quantitative estimate of drug-likeness (QED) is 0.750. The van der Waals surface area contributed by atoms with Crippen molar-refractivity contribution in [3.63, 3.8) is 0 Å². The van der Waals surface area contributed by atoms with Crippen molar-refractivity contribution in [3.8, 4) is 5.88 Å². The average molecular weight is 273 g/mol. The van der Waals surface area contributed by atoms with Crippen molar-refractivity contribution >= 4 is 11.7 Å². The summed E-state index contributed by atoms with van der Waals surface area (Å²) in [5, 5.41) is 13.0. The van der Waals surface area contributed by atoms with Gasteiger partial charge in [-0.3, -0.25) is 0 Å². The van der Waals surface area contributed by atoms with Gasteiger partial charge in [0.05, 0.1) is 17.8 Å². The van der Waals surface area contributed by atoms with Crippen LogP contribution in [0.4, 0.5) is 0 Å². The van der Waals surface area contributed by atoms with Crippen molar-refractivity contribution in [2.75, 3.05) is 19.8 Å². The second kappa shape index (κ2) is 6.98. The number of rotatable bonds is 7. The smallest absolute Gasteiger partial charge is 0.245 e. The van der Waals surface area contributed by atoms with Gasteiger partial charge < -0.3 is 19.9 Å². The van der Waals surface area contributed by atoms with Gasteiger partial charge >= 0.3 is 0 Å². The standard InChI is InChI=1S/C11H19N3O3S/c1-8(10-3-2-4-16-10)12-5-9(15)7-17-11-6-13-18-14-11/h6,8-10,12,15H,2-5,7H2,1H3. The molecule has 1 aromatic rings. The van der Waals surface area contributed by atoms with Gasteiger partial charge in [0.15, 0.2) is 0 Å². The summed E-state index contributed by atoms with van der Waals surface area (Å²) in [6, 6.07) is 0.253. The van der Waals surface area contributed by atoms with Crippen LogP contribution in [0, 0.1) is 0 Å². The van der Waals surface area contributed by atoms with E-state index >= 15 is 0 Å². The molecular weight excluding hydrogens is 254 g/mol. The largest absolute Gasteiger partial charge is 0.473 e. The molecule has 6 nitrogen and oxygen atoms in total. The molecule has 7 heteroatoms. The van der Waals surface area contributed by atoms with Crippen LogP contribution in [0.25, 0.3) is 0 Å². The third-order valence-electron chi connectivity index (χ3n) is 2.96. The lowest BCUT2D eigenvalue weighted by atomic mass is 10.1. The summed E-state index contributed by atoms with van der Waals surface area (Å²) < 4.78 is 18.6. The lowest BCUT2D eigenvalue weighted by molar-refractivity contribution is 0.0670. The first-order valence-corrected chi connectivity index (χ1v) is 6.92. The van der Waals surface area contributed by atoms with Crippen LogP contribution in [0.15, 0.2) is 6.20 Å². The minimum atomic E-state index is -0.560. The molecule has 3 unspecified atom stereocenters. The summed E-state index contributed by atoms with van der Waals surface area (Å²) >= 11 is 1.09. The zero-order valence-electron chi connectivity index (χ0n) is 10.4. The maximum Gasteiger partial charge on any atom is 0.245 e. The van der Waals surface area contributed by atoms with Gasteiger partial charge in [-0.25, -0.2) is 0 Å². The Kier molecular flexibility index (Phi) is 5.30. The first-order valence-electron chi connectivity index (χ1n) is 6.19. The normalized spacial score (nSPS) is 22.9. The predicted octanol–water partition coefficient (Wildman–Crippen LogP) is 0.435. The first kappa shape index (κ1) is 13.7. The highest BCUT2D eigenvalue weighted by atomic mass is 32.1. The van der Waals surface area contributed by atoms with E-state index in [2.05, 4.69) is 21.0 Å². The van der Waals surface area contributed by atoms with Gasteiger partial charge in [0.1, 0.15) is 18.9 Å². The molecule has 3 atom stereocenters. The van der Waals surface area contributed by atoms with E-state index in [4.69, 9.17) is 9.47 Å². The van der Waals surface area contributed by atoms with E-state index in [1.165, 1.54) is 0 Å². The Bertz CT molecular complexity index is 330. The molecule has 1 saturated heterocycles. The summed E-state index contributed by atoms with van der Waals surface area (Å²) in [5.41, 5.74) is 0. The van der Waals surface area contributed by atoms with Gasteiger partial charge in [-0.15, -0.1) is 4.37 Å². The third-order valence-corrected chi connectivity index (χ3v) is 3.42. The van der Waals surface area contributed by atoms with Gasteiger partial charge in [0.2, 0.25) is 5.88 Å². The van der Waals surface area contributed by atoms with Crippen LogP contribution in [-0.4, -0.2) is 51.9 Å². The first-order chi connectivity index (χ1) is 8.75. The fraction of sp³-hybridized carbons (Fsp3) is 0.818. The Morgan fingerprint density at radius 2 is 2.61 bits per heavy atom. The number of nitrogens with zero attached hydrogens (tertiary/aromatic N) is 2. The lowest BCUT2D eigenvalue weighted by Crippen LogP contribution is -2.42.